The normalized spacial score (nSPS) is 9.69. The van der Waals surface area contributed by atoms with Crippen molar-refractivity contribution in [1.82, 2.24) is 0 Å². The predicted molar refractivity (Wildman–Crippen MR) is 64.3 cm³/mol. The maximum Gasteiger partial charge on any atom is 0.311 e. The van der Waals surface area contributed by atoms with Crippen LogP contribution in [0.5, 0.6) is 0 Å². The van der Waals surface area contributed by atoms with E-state index in [9.17, 15) is 9.18 Å². The number of aliphatic imine (C=N–C) groups is 1. The first-order valence-corrected chi connectivity index (χ1v) is 5.90. The van der Waals surface area contributed by atoms with Crippen LogP contribution >= 0.6 is 35.2 Å². The van der Waals surface area contributed by atoms with Crippen molar-refractivity contribution in [1.29, 1.82) is 0 Å². The summed E-state index contributed by atoms with van der Waals surface area (Å²) in [7, 11) is 0. The summed E-state index contributed by atoms with van der Waals surface area (Å²) in [5.41, 5.74) is -0.0686. The zero-order valence-corrected chi connectivity index (χ0v) is 10.6. The van der Waals surface area contributed by atoms with E-state index in [1.54, 1.807) is 6.92 Å². The highest BCUT2D eigenvalue weighted by Crippen LogP contribution is 2.38. The standard InChI is InChI=1S/C9H7ClFNO2S2/c1-2-14-6(13)3-5-7(10)8(12-4-15)9(11)16-5/h2-3H2,1H3. The molecule has 7 heteroatoms. The molecule has 0 aliphatic carbocycles. The summed E-state index contributed by atoms with van der Waals surface area (Å²) in [5, 5.41) is 1.54. The molecule has 0 atom stereocenters. The number of carbonyl (C=O) groups excluding carboxylic acids is 1. The number of hydrogen-bond donors (Lipinski definition) is 0. The molecule has 0 bridgehead atoms. The maximum atomic E-state index is 13.3. The van der Waals surface area contributed by atoms with Crippen molar-refractivity contribution in [3.05, 3.63) is 15.0 Å². The van der Waals surface area contributed by atoms with E-state index in [1.807, 2.05) is 5.16 Å². The minimum absolute atomic E-state index is 0.0682. The lowest BCUT2D eigenvalue weighted by molar-refractivity contribution is -0.142. The number of isothiocyanates is 1. The molecule has 0 aliphatic rings. The zero-order valence-electron chi connectivity index (χ0n) is 8.25. The fourth-order valence-electron chi connectivity index (χ4n) is 1.02. The van der Waals surface area contributed by atoms with Crippen LogP contribution in [-0.4, -0.2) is 17.7 Å². The van der Waals surface area contributed by atoms with Gasteiger partial charge in [0, 0.05) is 4.88 Å². The van der Waals surface area contributed by atoms with Gasteiger partial charge < -0.3 is 4.74 Å². The van der Waals surface area contributed by atoms with Crippen LogP contribution in [0.15, 0.2) is 4.99 Å². The highest BCUT2D eigenvalue weighted by atomic mass is 35.5. The summed E-state index contributed by atoms with van der Waals surface area (Å²) in [5.74, 6) is -0.455. The van der Waals surface area contributed by atoms with Gasteiger partial charge in [0.25, 0.3) is 0 Å². The van der Waals surface area contributed by atoms with E-state index in [-0.39, 0.29) is 23.7 Å². The van der Waals surface area contributed by atoms with E-state index in [0.29, 0.717) is 4.88 Å². The molecule has 1 aromatic rings. The van der Waals surface area contributed by atoms with Crippen LogP contribution in [0.1, 0.15) is 11.8 Å². The molecule has 0 saturated heterocycles. The van der Waals surface area contributed by atoms with Gasteiger partial charge in [0.15, 0.2) is 0 Å². The third-order valence-corrected chi connectivity index (χ3v) is 3.20. The van der Waals surface area contributed by atoms with E-state index < -0.39 is 11.1 Å². The van der Waals surface area contributed by atoms with Gasteiger partial charge in [-0.05, 0) is 19.1 Å². The van der Waals surface area contributed by atoms with Crippen molar-refractivity contribution in [3.63, 3.8) is 0 Å². The molecular formula is C9H7ClFNO2S2. The molecule has 3 nitrogen and oxygen atoms in total. The Kier molecular flexibility index (Phi) is 5.02. The third-order valence-electron chi connectivity index (χ3n) is 1.62. The van der Waals surface area contributed by atoms with Crippen molar-refractivity contribution in [2.75, 3.05) is 6.61 Å². The molecule has 0 aromatic carbocycles. The number of hydrogen-bond acceptors (Lipinski definition) is 5. The second-order valence-electron chi connectivity index (χ2n) is 2.65. The first-order valence-electron chi connectivity index (χ1n) is 4.30. The molecule has 86 valence electrons. The minimum Gasteiger partial charge on any atom is -0.466 e. The summed E-state index contributed by atoms with van der Waals surface area (Å²) in [6.07, 6.45) is -0.0682. The lowest BCUT2D eigenvalue weighted by atomic mass is 10.3. The van der Waals surface area contributed by atoms with Crippen molar-refractivity contribution >= 4 is 52.0 Å². The number of carbonyl (C=O) groups is 1. The van der Waals surface area contributed by atoms with Crippen LogP contribution in [0.4, 0.5) is 10.1 Å². The van der Waals surface area contributed by atoms with E-state index in [4.69, 9.17) is 16.3 Å². The largest absolute Gasteiger partial charge is 0.466 e. The summed E-state index contributed by atoms with van der Waals surface area (Å²) in [4.78, 5) is 15.1. The molecule has 1 aromatic heterocycles. The number of ether oxygens (including phenoxy) is 1. The molecule has 0 unspecified atom stereocenters. The molecule has 16 heavy (non-hydrogen) atoms. The second-order valence-corrected chi connectivity index (χ2v) is 4.26. The van der Waals surface area contributed by atoms with Crippen LogP contribution in [0.2, 0.25) is 5.02 Å². The summed E-state index contributed by atoms with van der Waals surface area (Å²) < 4.78 is 18.0. The minimum atomic E-state index is -0.582. The predicted octanol–water partition coefficient (Wildman–Crippen LogP) is 3.38. The highest BCUT2D eigenvalue weighted by Gasteiger charge is 2.18. The smallest absolute Gasteiger partial charge is 0.311 e. The number of nitrogens with zero attached hydrogens (tertiary/aromatic N) is 1. The Morgan fingerprint density at radius 2 is 2.44 bits per heavy atom. The van der Waals surface area contributed by atoms with Crippen molar-refractivity contribution < 1.29 is 13.9 Å². The van der Waals surface area contributed by atoms with Crippen molar-refractivity contribution in [3.8, 4) is 0 Å². The summed E-state index contributed by atoms with van der Waals surface area (Å²) >= 11 is 11.0. The van der Waals surface area contributed by atoms with Gasteiger partial charge in [-0.1, -0.05) is 11.6 Å². The molecule has 0 fully saturated rings. The third kappa shape index (κ3) is 3.09. The lowest BCUT2D eigenvalue weighted by Crippen LogP contribution is -2.06. The van der Waals surface area contributed by atoms with E-state index in [1.165, 1.54) is 0 Å². The van der Waals surface area contributed by atoms with Crippen LogP contribution in [-0.2, 0) is 16.0 Å². The van der Waals surface area contributed by atoms with Crippen LogP contribution in [0.3, 0.4) is 0 Å². The average molecular weight is 280 g/mol. The van der Waals surface area contributed by atoms with Gasteiger partial charge in [-0.15, -0.1) is 11.3 Å². The zero-order chi connectivity index (χ0) is 12.1. The Morgan fingerprint density at radius 1 is 1.75 bits per heavy atom. The van der Waals surface area contributed by atoms with E-state index >= 15 is 0 Å². The fraction of sp³-hybridized carbons (Fsp3) is 0.333. The Labute approximate surface area is 106 Å². The highest BCUT2D eigenvalue weighted by molar-refractivity contribution is 7.78. The quantitative estimate of drug-likeness (QED) is 0.482. The molecule has 0 N–H and O–H groups in total. The van der Waals surface area contributed by atoms with Crippen molar-refractivity contribution in [2.24, 2.45) is 4.99 Å². The molecule has 1 heterocycles. The number of esters is 1. The molecule has 0 amide bonds. The van der Waals surface area contributed by atoms with Gasteiger partial charge in [-0.2, -0.15) is 9.38 Å². The van der Waals surface area contributed by atoms with Gasteiger partial charge in [0.2, 0.25) is 5.13 Å². The first-order chi connectivity index (χ1) is 7.60. The average Bonchev–Trinajstić information content (AvgIpc) is 2.47. The van der Waals surface area contributed by atoms with E-state index in [0.717, 1.165) is 11.3 Å². The van der Waals surface area contributed by atoms with Crippen molar-refractivity contribution in [2.45, 2.75) is 13.3 Å². The van der Waals surface area contributed by atoms with Gasteiger partial charge in [0.05, 0.1) is 23.2 Å². The second kappa shape index (κ2) is 6.06. The fourth-order valence-corrected chi connectivity index (χ4v) is 2.31. The Hall–Kier alpha value is -0.810. The van der Waals surface area contributed by atoms with Gasteiger partial charge in [0.1, 0.15) is 5.69 Å². The Morgan fingerprint density at radius 3 is 3.00 bits per heavy atom. The van der Waals surface area contributed by atoms with Gasteiger partial charge in [-0.25, -0.2) is 0 Å². The molecule has 1 rings (SSSR count). The van der Waals surface area contributed by atoms with Gasteiger partial charge in [-0.3, -0.25) is 4.79 Å². The molecule has 0 saturated carbocycles. The Bertz CT molecular complexity index is 455. The number of halogens is 2. The number of thiocarbonyl (C=S) groups is 1. The van der Waals surface area contributed by atoms with Gasteiger partial charge >= 0.3 is 5.97 Å². The Balaban J connectivity index is 2.94. The molecule has 0 radical (unpaired) electrons. The lowest BCUT2D eigenvalue weighted by Gasteiger charge is -1.99. The first kappa shape index (κ1) is 13.3. The molecular weight excluding hydrogens is 273 g/mol. The van der Waals surface area contributed by atoms with Crippen LogP contribution in [0.25, 0.3) is 0 Å². The van der Waals surface area contributed by atoms with Crippen LogP contribution in [0, 0.1) is 5.13 Å². The molecule has 0 aliphatic heterocycles. The van der Waals surface area contributed by atoms with Crippen LogP contribution < -0.4 is 0 Å². The topological polar surface area (TPSA) is 38.7 Å². The number of thiophene rings is 1. The summed E-state index contributed by atoms with van der Waals surface area (Å²) in [6, 6.07) is 0. The SMILES string of the molecule is CCOC(=O)Cc1sc(F)c(N=C=S)c1Cl. The number of rotatable bonds is 4. The maximum absolute atomic E-state index is 13.3. The molecule has 0 spiro atoms. The van der Waals surface area contributed by atoms with E-state index in [2.05, 4.69) is 17.2 Å². The monoisotopic (exact) mass is 279 g/mol. The summed E-state index contributed by atoms with van der Waals surface area (Å²) in [6.45, 7) is 1.96.